The van der Waals surface area contributed by atoms with Crippen LogP contribution in [0.1, 0.15) is 23.7 Å². The molecule has 1 heterocycles. The number of hydrogen-bond acceptors (Lipinski definition) is 2. The van der Waals surface area contributed by atoms with E-state index in [1.165, 1.54) is 0 Å². The number of hydrogen-bond donors (Lipinski definition) is 0. The molecule has 0 saturated carbocycles. The van der Waals surface area contributed by atoms with E-state index in [2.05, 4.69) is 15.9 Å². The molecule has 5 heteroatoms. The van der Waals surface area contributed by atoms with Crippen molar-refractivity contribution in [1.82, 2.24) is 4.90 Å². The number of halogens is 2. The van der Waals surface area contributed by atoms with E-state index < -0.39 is 0 Å². The first kappa shape index (κ1) is 13.8. The molecule has 1 aliphatic rings. The molecule has 1 atom stereocenters. The van der Waals surface area contributed by atoms with Crippen molar-refractivity contribution in [3.05, 3.63) is 33.3 Å². The lowest BCUT2D eigenvalue weighted by molar-refractivity contribution is 0.0562. The Morgan fingerprint density at radius 3 is 3.06 bits per heavy atom. The van der Waals surface area contributed by atoms with Gasteiger partial charge in [0.15, 0.2) is 0 Å². The van der Waals surface area contributed by atoms with Crippen LogP contribution in [0.15, 0.2) is 22.7 Å². The van der Waals surface area contributed by atoms with Gasteiger partial charge in [-0.15, -0.1) is 0 Å². The largest absolute Gasteiger partial charge is 0.377 e. The van der Waals surface area contributed by atoms with Gasteiger partial charge >= 0.3 is 0 Å². The first-order chi connectivity index (χ1) is 8.58. The summed E-state index contributed by atoms with van der Waals surface area (Å²) in [6, 6.07) is 5.23. The van der Waals surface area contributed by atoms with E-state index in [9.17, 15) is 4.79 Å². The van der Waals surface area contributed by atoms with E-state index in [-0.39, 0.29) is 12.0 Å². The molecule has 1 aromatic rings. The van der Waals surface area contributed by atoms with Gasteiger partial charge in [0.05, 0.1) is 11.7 Å². The number of carbonyl (C=O) groups excluding carboxylic acids is 1. The van der Waals surface area contributed by atoms with E-state index in [0.717, 1.165) is 17.4 Å². The highest BCUT2D eigenvalue weighted by atomic mass is 79.9. The summed E-state index contributed by atoms with van der Waals surface area (Å²) >= 11 is 9.27. The summed E-state index contributed by atoms with van der Waals surface area (Å²) in [4.78, 5) is 14.3. The Bertz CT molecular complexity index is 453. The molecule has 0 N–H and O–H groups in total. The molecule has 2 rings (SSSR count). The molecule has 0 spiro atoms. The third-order valence-electron chi connectivity index (χ3n) is 2.90. The summed E-state index contributed by atoms with van der Waals surface area (Å²) in [7, 11) is 0. The van der Waals surface area contributed by atoms with Crippen molar-refractivity contribution in [2.45, 2.75) is 19.4 Å². The highest BCUT2D eigenvalue weighted by molar-refractivity contribution is 9.10. The van der Waals surface area contributed by atoms with Gasteiger partial charge in [-0.3, -0.25) is 4.79 Å². The van der Waals surface area contributed by atoms with Crippen molar-refractivity contribution in [3.8, 4) is 0 Å². The molecule has 1 saturated heterocycles. The minimum Gasteiger partial charge on any atom is -0.377 e. The van der Waals surface area contributed by atoms with Crippen LogP contribution in [0.5, 0.6) is 0 Å². The number of nitrogens with zero attached hydrogens (tertiary/aromatic N) is 1. The Labute approximate surface area is 120 Å². The van der Waals surface area contributed by atoms with Crippen LogP contribution in [-0.4, -0.2) is 36.6 Å². The highest BCUT2D eigenvalue weighted by Crippen LogP contribution is 2.23. The zero-order valence-electron chi connectivity index (χ0n) is 10.2. The molecule has 0 radical (unpaired) electrons. The molecule has 1 unspecified atom stereocenters. The van der Waals surface area contributed by atoms with Crippen molar-refractivity contribution >= 4 is 33.4 Å². The van der Waals surface area contributed by atoms with Crippen molar-refractivity contribution in [3.63, 3.8) is 0 Å². The van der Waals surface area contributed by atoms with Crippen LogP contribution in [0.3, 0.4) is 0 Å². The van der Waals surface area contributed by atoms with E-state index in [4.69, 9.17) is 16.3 Å². The van der Waals surface area contributed by atoms with E-state index in [0.29, 0.717) is 23.7 Å². The third-order valence-corrected chi connectivity index (χ3v) is 3.79. The summed E-state index contributed by atoms with van der Waals surface area (Å²) < 4.78 is 6.28. The number of carbonyl (C=O) groups is 1. The topological polar surface area (TPSA) is 29.5 Å². The lowest BCUT2D eigenvalue weighted by atomic mass is 10.2. The second-order valence-corrected chi connectivity index (χ2v) is 5.70. The minimum atomic E-state index is 0.0240. The quantitative estimate of drug-likeness (QED) is 0.789. The van der Waals surface area contributed by atoms with E-state index in [1.54, 1.807) is 18.2 Å². The second kappa shape index (κ2) is 6.04. The first-order valence-corrected chi connectivity index (χ1v) is 7.11. The maximum Gasteiger partial charge on any atom is 0.255 e. The predicted molar refractivity (Wildman–Crippen MR) is 75.1 cm³/mol. The number of rotatable bonds is 1. The third kappa shape index (κ3) is 3.25. The predicted octanol–water partition coefficient (Wildman–Crippen LogP) is 3.35. The Kier molecular flexibility index (Phi) is 4.65. The van der Waals surface area contributed by atoms with Crippen molar-refractivity contribution in [1.29, 1.82) is 0 Å². The molecule has 18 heavy (non-hydrogen) atoms. The molecule has 0 bridgehead atoms. The van der Waals surface area contributed by atoms with Crippen LogP contribution in [-0.2, 0) is 4.74 Å². The van der Waals surface area contributed by atoms with Crippen LogP contribution in [0, 0.1) is 0 Å². The molecule has 1 aromatic carbocycles. The highest BCUT2D eigenvalue weighted by Gasteiger charge is 2.22. The fourth-order valence-corrected chi connectivity index (χ4v) is 2.86. The molecular formula is C13H15BrClNO2. The Balaban J connectivity index is 2.19. The molecule has 0 aromatic heterocycles. The van der Waals surface area contributed by atoms with Crippen LogP contribution < -0.4 is 0 Å². The molecule has 1 amide bonds. The average molecular weight is 333 g/mol. The fraction of sp³-hybridized carbons (Fsp3) is 0.462. The molecule has 1 aliphatic heterocycles. The van der Waals surface area contributed by atoms with Gasteiger partial charge in [0.1, 0.15) is 0 Å². The van der Waals surface area contributed by atoms with Gasteiger partial charge in [0.2, 0.25) is 0 Å². The Morgan fingerprint density at radius 2 is 2.33 bits per heavy atom. The van der Waals surface area contributed by atoms with Crippen LogP contribution in [0.4, 0.5) is 0 Å². The summed E-state index contributed by atoms with van der Waals surface area (Å²) in [6.45, 7) is 4.07. The van der Waals surface area contributed by atoms with Crippen molar-refractivity contribution in [2.24, 2.45) is 0 Å². The number of benzene rings is 1. The van der Waals surface area contributed by atoms with Crippen molar-refractivity contribution in [2.75, 3.05) is 19.7 Å². The van der Waals surface area contributed by atoms with Crippen molar-refractivity contribution < 1.29 is 9.53 Å². The van der Waals surface area contributed by atoms with Crippen LogP contribution >= 0.6 is 27.5 Å². The summed E-state index contributed by atoms with van der Waals surface area (Å²) in [5.41, 5.74) is 0.647. The maximum atomic E-state index is 12.4. The molecule has 3 nitrogen and oxygen atoms in total. The average Bonchev–Trinajstić information content (AvgIpc) is 2.53. The molecule has 98 valence electrons. The first-order valence-electron chi connectivity index (χ1n) is 5.94. The molecule has 0 aliphatic carbocycles. The molecule has 1 fully saturated rings. The SMILES string of the molecule is CC1CN(C(=O)c2ccc(Cl)cc2Br)CCCO1. The summed E-state index contributed by atoms with van der Waals surface area (Å²) in [6.07, 6.45) is 0.962. The minimum absolute atomic E-state index is 0.0240. The normalized spacial score (nSPS) is 20.6. The molecular weight excluding hydrogens is 318 g/mol. The van der Waals surface area contributed by atoms with Gasteiger partial charge in [0.25, 0.3) is 5.91 Å². The lowest BCUT2D eigenvalue weighted by Gasteiger charge is -2.22. The van der Waals surface area contributed by atoms with E-state index >= 15 is 0 Å². The van der Waals surface area contributed by atoms with Crippen LogP contribution in [0.2, 0.25) is 5.02 Å². The summed E-state index contributed by atoms with van der Waals surface area (Å²) in [5, 5.41) is 0.617. The van der Waals surface area contributed by atoms with Gasteiger partial charge in [0, 0.05) is 29.2 Å². The number of ether oxygens (including phenoxy) is 1. The van der Waals surface area contributed by atoms with Gasteiger partial charge in [-0.2, -0.15) is 0 Å². The van der Waals surface area contributed by atoms with E-state index in [1.807, 2.05) is 11.8 Å². The smallest absolute Gasteiger partial charge is 0.255 e. The van der Waals surface area contributed by atoms with Gasteiger partial charge in [-0.1, -0.05) is 11.6 Å². The fourth-order valence-electron chi connectivity index (χ4n) is 2.01. The monoisotopic (exact) mass is 331 g/mol. The Morgan fingerprint density at radius 1 is 1.56 bits per heavy atom. The summed E-state index contributed by atoms with van der Waals surface area (Å²) in [5.74, 6) is 0.0240. The van der Waals surface area contributed by atoms with Crippen LogP contribution in [0.25, 0.3) is 0 Å². The standard InChI is InChI=1S/C13H15BrClNO2/c1-9-8-16(5-2-6-18-9)13(17)11-4-3-10(15)7-12(11)14/h3-4,7,9H,2,5-6,8H2,1H3. The van der Waals surface area contributed by atoms with Gasteiger partial charge < -0.3 is 9.64 Å². The zero-order valence-corrected chi connectivity index (χ0v) is 12.5. The number of amides is 1. The lowest BCUT2D eigenvalue weighted by Crippen LogP contribution is -2.36. The second-order valence-electron chi connectivity index (χ2n) is 4.41. The zero-order chi connectivity index (χ0) is 13.1. The maximum absolute atomic E-state index is 12.4. The van der Waals surface area contributed by atoms with Gasteiger partial charge in [-0.25, -0.2) is 0 Å². The van der Waals surface area contributed by atoms with Gasteiger partial charge in [-0.05, 0) is 47.5 Å². The Hall–Kier alpha value is -0.580.